The third-order valence-corrected chi connectivity index (χ3v) is 5.09. The van der Waals surface area contributed by atoms with Gasteiger partial charge in [0.15, 0.2) is 5.65 Å². The summed E-state index contributed by atoms with van der Waals surface area (Å²) in [6.07, 6.45) is 5.24. The van der Waals surface area contributed by atoms with Gasteiger partial charge in [0, 0.05) is 4.90 Å². The second kappa shape index (κ2) is 6.80. The molecule has 0 saturated carbocycles. The maximum absolute atomic E-state index is 12.8. The Morgan fingerprint density at radius 1 is 1.04 bits per heavy atom. The fourth-order valence-corrected chi connectivity index (χ4v) is 3.27. The molecule has 0 saturated heterocycles. The number of aromatic nitrogens is 4. The van der Waals surface area contributed by atoms with Crippen LogP contribution in [0, 0.1) is 6.92 Å². The Morgan fingerprint density at radius 2 is 1.77 bits per heavy atom. The number of aryl methyl sites for hydroxylation is 1. The molecule has 4 aromatic rings. The number of fused-ring (bicyclic) bond motifs is 1. The summed E-state index contributed by atoms with van der Waals surface area (Å²) in [7, 11) is 0. The topological polar surface area (TPSA) is 52.7 Å². The monoisotopic (exact) mass is 362 g/mol. The molecular formula is C20H18N4OS. The van der Waals surface area contributed by atoms with Gasteiger partial charge in [-0.3, -0.25) is 9.36 Å². The Hall–Kier alpha value is -2.86. The van der Waals surface area contributed by atoms with E-state index in [0.717, 1.165) is 11.3 Å². The highest BCUT2D eigenvalue weighted by atomic mass is 32.2. The predicted molar refractivity (Wildman–Crippen MR) is 105 cm³/mol. The average Bonchev–Trinajstić information content (AvgIpc) is 3.10. The van der Waals surface area contributed by atoms with Gasteiger partial charge in [0.05, 0.1) is 18.4 Å². The van der Waals surface area contributed by atoms with Crippen LogP contribution in [0.4, 0.5) is 0 Å². The standard InChI is InChI=1S/C20H18N4OS/c1-14-3-7-16(8-4-14)24-19-18(11-22-24)20(25)23(13-21-19)12-15-5-9-17(26-2)10-6-15/h3-11,13H,12H2,1-2H3. The first kappa shape index (κ1) is 16.6. The second-order valence-corrected chi connectivity index (χ2v) is 7.03. The van der Waals surface area contributed by atoms with Crippen LogP contribution in [0.1, 0.15) is 11.1 Å². The summed E-state index contributed by atoms with van der Waals surface area (Å²) in [5, 5.41) is 4.89. The van der Waals surface area contributed by atoms with E-state index in [9.17, 15) is 4.79 Å². The van der Waals surface area contributed by atoms with Gasteiger partial charge in [0.2, 0.25) is 0 Å². The van der Waals surface area contributed by atoms with E-state index in [4.69, 9.17) is 0 Å². The molecule has 6 heteroatoms. The van der Waals surface area contributed by atoms with Crippen molar-refractivity contribution in [3.8, 4) is 5.69 Å². The smallest absolute Gasteiger partial charge is 0.264 e. The summed E-state index contributed by atoms with van der Waals surface area (Å²) >= 11 is 1.70. The highest BCUT2D eigenvalue weighted by Gasteiger charge is 2.11. The van der Waals surface area contributed by atoms with E-state index in [0.29, 0.717) is 17.6 Å². The Morgan fingerprint density at radius 3 is 2.46 bits per heavy atom. The second-order valence-electron chi connectivity index (χ2n) is 6.15. The van der Waals surface area contributed by atoms with E-state index in [1.54, 1.807) is 33.5 Å². The predicted octanol–water partition coefficient (Wildman–Crippen LogP) is 3.66. The number of nitrogens with zero attached hydrogens (tertiary/aromatic N) is 4. The highest BCUT2D eigenvalue weighted by molar-refractivity contribution is 7.98. The van der Waals surface area contributed by atoms with Gasteiger partial charge in [-0.2, -0.15) is 5.10 Å². The molecule has 0 aliphatic carbocycles. The van der Waals surface area contributed by atoms with Crippen molar-refractivity contribution in [2.45, 2.75) is 18.4 Å². The lowest BCUT2D eigenvalue weighted by Gasteiger charge is -2.07. The molecule has 130 valence electrons. The van der Waals surface area contributed by atoms with Crippen molar-refractivity contribution in [2.75, 3.05) is 6.26 Å². The minimum Gasteiger partial charge on any atom is -0.294 e. The molecule has 2 aromatic carbocycles. The Balaban J connectivity index is 1.71. The van der Waals surface area contributed by atoms with Crippen LogP contribution in [0.15, 0.2) is 70.7 Å². The molecule has 0 N–H and O–H groups in total. The summed E-state index contributed by atoms with van der Waals surface area (Å²) in [4.78, 5) is 18.5. The van der Waals surface area contributed by atoms with Crippen LogP contribution < -0.4 is 5.56 Å². The number of benzene rings is 2. The molecule has 0 atom stereocenters. The van der Waals surface area contributed by atoms with Gasteiger partial charge in [-0.25, -0.2) is 9.67 Å². The van der Waals surface area contributed by atoms with Crippen molar-refractivity contribution < 1.29 is 0 Å². The Kier molecular flexibility index (Phi) is 4.34. The van der Waals surface area contributed by atoms with E-state index in [1.165, 1.54) is 10.5 Å². The van der Waals surface area contributed by atoms with Crippen molar-refractivity contribution in [3.05, 3.63) is 82.5 Å². The molecule has 4 rings (SSSR count). The molecule has 0 fully saturated rings. The summed E-state index contributed by atoms with van der Waals surface area (Å²) in [5.41, 5.74) is 3.63. The van der Waals surface area contributed by atoms with Gasteiger partial charge < -0.3 is 0 Å². The molecule has 26 heavy (non-hydrogen) atoms. The van der Waals surface area contributed by atoms with Gasteiger partial charge in [-0.1, -0.05) is 29.8 Å². The number of hydrogen-bond acceptors (Lipinski definition) is 4. The van der Waals surface area contributed by atoms with Crippen LogP contribution >= 0.6 is 11.8 Å². The zero-order chi connectivity index (χ0) is 18.1. The van der Waals surface area contributed by atoms with Gasteiger partial charge in [0.1, 0.15) is 11.7 Å². The minimum absolute atomic E-state index is 0.0812. The van der Waals surface area contributed by atoms with E-state index >= 15 is 0 Å². The maximum atomic E-state index is 12.8. The summed E-state index contributed by atoms with van der Waals surface area (Å²) < 4.78 is 3.32. The van der Waals surface area contributed by atoms with Crippen molar-refractivity contribution in [3.63, 3.8) is 0 Å². The summed E-state index contributed by atoms with van der Waals surface area (Å²) in [6.45, 7) is 2.53. The van der Waals surface area contributed by atoms with Crippen molar-refractivity contribution in [2.24, 2.45) is 0 Å². The van der Waals surface area contributed by atoms with Crippen LogP contribution in [-0.4, -0.2) is 25.6 Å². The fraction of sp³-hybridized carbons (Fsp3) is 0.150. The van der Waals surface area contributed by atoms with Crippen LogP contribution in [0.2, 0.25) is 0 Å². The first-order valence-corrected chi connectivity index (χ1v) is 9.51. The number of hydrogen-bond donors (Lipinski definition) is 0. The van der Waals surface area contributed by atoms with E-state index in [2.05, 4.69) is 22.2 Å². The van der Waals surface area contributed by atoms with Crippen LogP contribution in [0.25, 0.3) is 16.7 Å². The Bertz CT molecular complexity index is 1110. The molecular weight excluding hydrogens is 344 g/mol. The molecule has 0 spiro atoms. The maximum Gasteiger partial charge on any atom is 0.264 e. The lowest BCUT2D eigenvalue weighted by atomic mass is 10.2. The van der Waals surface area contributed by atoms with Crippen LogP contribution in [-0.2, 0) is 6.54 Å². The molecule has 0 bridgehead atoms. The normalized spacial score (nSPS) is 11.2. The lowest BCUT2D eigenvalue weighted by molar-refractivity contribution is 0.745. The third-order valence-electron chi connectivity index (χ3n) is 4.35. The molecule has 5 nitrogen and oxygen atoms in total. The first-order valence-electron chi connectivity index (χ1n) is 8.29. The third kappa shape index (κ3) is 3.04. The lowest BCUT2D eigenvalue weighted by Crippen LogP contribution is -2.21. The molecule has 0 aliphatic heterocycles. The largest absolute Gasteiger partial charge is 0.294 e. The highest BCUT2D eigenvalue weighted by Crippen LogP contribution is 2.16. The zero-order valence-electron chi connectivity index (χ0n) is 14.6. The van der Waals surface area contributed by atoms with Crippen LogP contribution in [0.5, 0.6) is 0 Å². The van der Waals surface area contributed by atoms with Gasteiger partial charge in [-0.15, -0.1) is 11.8 Å². The minimum atomic E-state index is -0.0812. The van der Waals surface area contributed by atoms with E-state index in [-0.39, 0.29) is 5.56 Å². The van der Waals surface area contributed by atoms with Crippen molar-refractivity contribution >= 4 is 22.8 Å². The molecule has 2 heterocycles. The van der Waals surface area contributed by atoms with Gasteiger partial charge in [-0.05, 0) is 43.0 Å². The molecule has 2 aromatic heterocycles. The van der Waals surface area contributed by atoms with Crippen molar-refractivity contribution in [1.82, 2.24) is 19.3 Å². The van der Waals surface area contributed by atoms with E-state index in [1.807, 2.05) is 49.6 Å². The van der Waals surface area contributed by atoms with Crippen molar-refractivity contribution in [1.29, 1.82) is 0 Å². The average molecular weight is 362 g/mol. The summed E-state index contributed by atoms with van der Waals surface area (Å²) in [6, 6.07) is 16.2. The molecule has 0 aliphatic rings. The first-order chi connectivity index (χ1) is 12.7. The number of rotatable bonds is 4. The van der Waals surface area contributed by atoms with Gasteiger partial charge >= 0.3 is 0 Å². The molecule has 0 radical (unpaired) electrons. The molecule has 0 unspecified atom stereocenters. The van der Waals surface area contributed by atoms with Gasteiger partial charge in [0.25, 0.3) is 5.56 Å². The van der Waals surface area contributed by atoms with Crippen LogP contribution in [0.3, 0.4) is 0 Å². The molecule has 0 amide bonds. The summed E-state index contributed by atoms with van der Waals surface area (Å²) in [5.74, 6) is 0. The zero-order valence-corrected chi connectivity index (χ0v) is 15.4. The van der Waals surface area contributed by atoms with E-state index < -0.39 is 0 Å². The number of thioether (sulfide) groups is 1. The Labute approximate surface area is 155 Å². The SMILES string of the molecule is CSc1ccc(Cn2cnc3c(cnn3-c3ccc(C)cc3)c2=O)cc1. The fourth-order valence-electron chi connectivity index (χ4n) is 2.86. The quantitative estimate of drug-likeness (QED) is 0.520.